The van der Waals surface area contributed by atoms with E-state index in [-0.39, 0.29) is 34.5 Å². The zero-order valence-electron chi connectivity index (χ0n) is 24.2. The Bertz CT molecular complexity index is 1820. The Kier molecular flexibility index (Phi) is 9.65. The van der Waals surface area contributed by atoms with Crippen LogP contribution in [0.25, 0.3) is 33.2 Å². The Morgan fingerprint density at radius 1 is 0.837 bits per heavy atom. The molecule has 0 aliphatic heterocycles. The quantitative estimate of drug-likeness (QED) is 0.0602. The Morgan fingerprint density at radius 3 is 2.26 bits per heavy atom. The second-order valence-electron chi connectivity index (χ2n) is 9.10. The Hall–Kier alpha value is -3.91. The van der Waals surface area contributed by atoms with Gasteiger partial charge in [0, 0.05) is 32.4 Å². The summed E-state index contributed by atoms with van der Waals surface area (Å²) in [7, 11) is 7.57. The molecule has 5 aromatic rings. The summed E-state index contributed by atoms with van der Waals surface area (Å²) in [6.07, 6.45) is 2.20. The molecule has 43 heavy (non-hydrogen) atoms. The summed E-state index contributed by atoms with van der Waals surface area (Å²) in [5.41, 5.74) is 1.29. The van der Waals surface area contributed by atoms with Crippen molar-refractivity contribution in [2.24, 2.45) is 0 Å². The molecule has 0 aliphatic carbocycles. The molecular formula is C31H29IN2O8S. The summed E-state index contributed by atoms with van der Waals surface area (Å²) >= 11 is 3.89. The van der Waals surface area contributed by atoms with Gasteiger partial charge in [-0.15, -0.1) is 11.8 Å². The highest BCUT2D eigenvalue weighted by Gasteiger charge is 2.24. The second kappa shape index (κ2) is 13.6. The van der Waals surface area contributed by atoms with Crippen molar-refractivity contribution in [3.63, 3.8) is 0 Å². The van der Waals surface area contributed by atoms with Crippen LogP contribution in [0.2, 0.25) is 0 Å². The third-order valence-corrected chi connectivity index (χ3v) is 8.37. The number of nitrogens with zero attached hydrogens (tertiary/aromatic N) is 2. The average Bonchev–Trinajstić information content (AvgIpc) is 3.03. The van der Waals surface area contributed by atoms with E-state index in [1.54, 1.807) is 42.4 Å². The van der Waals surface area contributed by atoms with E-state index in [1.165, 1.54) is 35.5 Å². The molecule has 0 aliphatic rings. The van der Waals surface area contributed by atoms with Crippen molar-refractivity contribution >= 4 is 56.2 Å². The van der Waals surface area contributed by atoms with E-state index in [4.69, 9.17) is 32.8 Å². The lowest BCUT2D eigenvalue weighted by Crippen LogP contribution is -2.12. The van der Waals surface area contributed by atoms with Gasteiger partial charge in [0.2, 0.25) is 16.9 Å². The van der Waals surface area contributed by atoms with Crippen LogP contribution in [0.1, 0.15) is 6.42 Å². The van der Waals surface area contributed by atoms with Crippen molar-refractivity contribution in [2.45, 2.75) is 11.4 Å². The fraction of sp³-hybridized carbons (Fsp3) is 0.258. The number of hydrogen-bond acceptors (Lipinski definition) is 11. The van der Waals surface area contributed by atoms with Gasteiger partial charge in [-0.2, -0.15) is 0 Å². The minimum absolute atomic E-state index is 0.0391. The normalized spacial score (nSPS) is 11.0. The van der Waals surface area contributed by atoms with E-state index in [0.29, 0.717) is 46.5 Å². The number of rotatable bonds is 12. The number of hydrogen-bond donors (Lipinski definition) is 0. The van der Waals surface area contributed by atoms with E-state index >= 15 is 0 Å². The van der Waals surface area contributed by atoms with E-state index in [9.17, 15) is 4.79 Å². The Morgan fingerprint density at radius 2 is 1.58 bits per heavy atom. The van der Waals surface area contributed by atoms with E-state index in [0.717, 1.165) is 19.5 Å². The van der Waals surface area contributed by atoms with E-state index in [1.807, 2.05) is 12.1 Å². The largest absolute Gasteiger partial charge is 0.496 e. The SMILES string of the molecule is COc1cc(OC)c2c(=O)c(OCCCSc3ncnc4ccc(I)cc34)c(-c3cc(OC)c(OC)c(OC)c3)oc2c1. The summed E-state index contributed by atoms with van der Waals surface area (Å²) in [5.74, 6) is 2.94. The van der Waals surface area contributed by atoms with Gasteiger partial charge in [0.15, 0.2) is 17.3 Å². The summed E-state index contributed by atoms with van der Waals surface area (Å²) in [5, 5.41) is 2.14. The topological polar surface area (TPSA) is 111 Å². The Labute approximate surface area is 265 Å². The number of ether oxygens (including phenoxy) is 6. The molecule has 0 spiro atoms. The molecule has 0 N–H and O–H groups in total. The van der Waals surface area contributed by atoms with Crippen LogP contribution in [0, 0.1) is 3.57 Å². The average molecular weight is 717 g/mol. The number of methoxy groups -OCH3 is 5. The van der Waals surface area contributed by atoms with Gasteiger partial charge in [0.25, 0.3) is 0 Å². The van der Waals surface area contributed by atoms with Crippen LogP contribution in [-0.2, 0) is 0 Å². The summed E-state index contributed by atoms with van der Waals surface area (Å²) in [4.78, 5) is 22.8. The monoisotopic (exact) mass is 716 g/mol. The van der Waals surface area contributed by atoms with Gasteiger partial charge in [0.05, 0.1) is 47.7 Å². The lowest BCUT2D eigenvalue weighted by Gasteiger charge is -2.17. The maximum atomic E-state index is 14.0. The first-order valence-corrected chi connectivity index (χ1v) is 15.2. The molecule has 0 saturated carbocycles. The van der Waals surface area contributed by atoms with Gasteiger partial charge in [-0.1, -0.05) is 0 Å². The molecule has 10 nitrogen and oxygen atoms in total. The van der Waals surface area contributed by atoms with Crippen molar-refractivity contribution in [3.05, 3.63) is 62.6 Å². The molecule has 0 amide bonds. The van der Waals surface area contributed by atoms with Crippen LogP contribution in [0.15, 0.2) is 63.0 Å². The summed E-state index contributed by atoms with van der Waals surface area (Å²) in [6.45, 7) is 0.250. The number of aromatic nitrogens is 2. The van der Waals surface area contributed by atoms with Crippen LogP contribution < -0.4 is 33.8 Å². The molecule has 12 heteroatoms. The molecule has 0 atom stereocenters. The number of benzene rings is 3. The van der Waals surface area contributed by atoms with Crippen molar-refractivity contribution < 1.29 is 32.8 Å². The first-order valence-electron chi connectivity index (χ1n) is 13.1. The van der Waals surface area contributed by atoms with Gasteiger partial charge in [-0.3, -0.25) is 4.79 Å². The standard InChI is InChI=1S/C31H29IN2O8S/c1-36-19-14-22(37-2)26-23(15-19)42-28(17-11-24(38-3)29(40-5)25(12-17)39-4)30(27(26)35)41-9-6-10-43-31-20-13-18(32)7-8-21(20)33-16-34-31/h7-8,11-16H,6,9-10H2,1-5H3. The maximum absolute atomic E-state index is 14.0. The first-order chi connectivity index (χ1) is 20.9. The number of thioether (sulfide) groups is 1. The minimum Gasteiger partial charge on any atom is -0.496 e. The highest BCUT2D eigenvalue weighted by Crippen LogP contribution is 2.44. The fourth-order valence-corrected chi connectivity index (χ4v) is 5.96. The van der Waals surface area contributed by atoms with Crippen LogP contribution in [0.3, 0.4) is 0 Å². The molecule has 2 aromatic heterocycles. The smallest absolute Gasteiger partial charge is 0.239 e. The molecule has 0 radical (unpaired) electrons. The highest BCUT2D eigenvalue weighted by molar-refractivity contribution is 14.1. The number of fused-ring (bicyclic) bond motifs is 2. The predicted molar refractivity (Wildman–Crippen MR) is 174 cm³/mol. The van der Waals surface area contributed by atoms with Crippen molar-refractivity contribution in [2.75, 3.05) is 47.9 Å². The Balaban J connectivity index is 1.50. The van der Waals surface area contributed by atoms with Gasteiger partial charge in [0.1, 0.15) is 33.8 Å². The van der Waals surface area contributed by atoms with Gasteiger partial charge in [-0.25, -0.2) is 9.97 Å². The third kappa shape index (κ3) is 6.25. The zero-order valence-corrected chi connectivity index (χ0v) is 27.2. The first kappa shape index (κ1) is 30.5. The third-order valence-electron chi connectivity index (χ3n) is 6.61. The van der Waals surface area contributed by atoms with Gasteiger partial charge < -0.3 is 32.8 Å². The predicted octanol–water partition coefficient (Wildman–Crippen LogP) is 6.61. The van der Waals surface area contributed by atoms with Crippen LogP contribution in [0.5, 0.6) is 34.5 Å². The lowest BCUT2D eigenvalue weighted by atomic mass is 10.1. The van der Waals surface area contributed by atoms with Crippen LogP contribution in [-0.4, -0.2) is 57.9 Å². The van der Waals surface area contributed by atoms with E-state index < -0.39 is 0 Å². The molecule has 5 rings (SSSR count). The molecule has 2 heterocycles. The number of halogens is 1. The van der Waals surface area contributed by atoms with Crippen molar-refractivity contribution in [3.8, 4) is 45.8 Å². The van der Waals surface area contributed by atoms with Crippen molar-refractivity contribution in [1.82, 2.24) is 9.97 Å². The molecule has 3 aromatic carbocycles. The van der Waals surface area contributed by atoms with Crippen molar-refractivity contribution in [1.29, 1.82) is 0 Å². The van der Waals surface area contributed by atoms with Gasteiger partial charge in [-0.05, 0) is 59.3 Å². The van der Waals surface area contributed by atoms with E-state index in [2.05, 4.69) is 38.6 Å². The molecule has 224 valence electrons. The molecule has 0 fully saturated rings. The second-order valence-corrected chi connectivity index (χ2v) is 11.4. The molecule has 0 unspecified atom stereocenters. The summed E-state index contributed by atoms with van der Waals surface area (Å²) < 4.78 is 41.1. The molecule has 0 bridgehead atoms. The highest BCUT2D eigenvalue weighted by atomic mass is 127. The maximum Gasteiger partial charge on any atom is 0.239 e. The van der Waals surface area contributed by atoms with Crippen LogP contribution >= 0.6 is 34.4 Å². The van der Waals surface area contributed by atoms with Crippen LogP contribution in [0.4, 0.5) is 0 Å². The minimum atomic E-state index is -0.381. The molecular weight excluding hydrogens is 687 g/mol. The lowest BCUT2D eigenvalue weighted by molar-refractivity contribution is 0.309. The molecule has 0 saturated heterocycles. The zero-order chi connectivity index (χ0) is 30.5. The van der Waals surface area contributed by atoms with Gasteiger partial charge >= 0.3 is 0 Å². The summed E-state index contributed by atoms with van der Waals surface area (Å²) in [6, 6.07) is 12.7. The fourth-order valence-electron chi connectivity index (χ4n) is 4.58.